The Labute approximate surface area is 245 Å². The molecule has 0 heterocycles. The molecule has 0 aromatic heterocycles. The van der Waals surface area contributed by atoms with Crippen LogP contribution in [0, 0.1) is 17.8 Å². The van der Waals surface area contributed by atoms with Gasteiger partial charge in [-0.15, -0.1) is 0 Å². The van der Waals surface area contributed by atoms with E-state index in [1.165, 1.54) is 77.0 Å². The van der Waals surface area contributed by atoms with Gasteiger partial charge < -0.3 is 9.80 Å². The lowest BCUT2D eigenvalue weighted by molar-refractivity contribution is -0.136. The molecular weight excluding hydrogens is 480 g/mol. The molecule has 0 spiro atoms. The molecule has 0 fully saturated rings. The first kappa shape index (κ1) is 37.9. The Morgan fingerprint density at radius 1 is 0.513 bits per heavy atom. The zero-order chi connectivity index (χ0) is 29.3. The van der Waals surface area contributed by atoms with Gasteiger partial charge >= 0.3 is 0 Å². The van der Waals surface area contributed by atoms with E-state index in [4.69, 9.17) is 0 Å². The van der Waals surface area contributed by atoms with Crippen molar-refractivity contribution >= 4 is 11.8 Å². The van der Waals surface area contributed by atoms with E-state index in [1.807, 2.05) is 11.9 Å². The van der Waals surface area contributed by atoms with Crippen LogP contribution in [0.15, 0.2) is 0 Å². The van der Waals surface area contributed by atoms with Gasteiger partial charge in [0.05, 0.1) is 0 Å². The molecule has 2 amide bonds. The molecule has 0 saturated heterocycles. The molecule has 0 rings (SSSR count). The molecule has 0 saturated carbocycles. The summed E-state index contributed by atoms with van der Waals surface area (Å²) >= 11 is 0. The number of amides is 2. The van der Waals surface area contributed by atoms with Gasteiger partial charge in [0, 0.05) is 38.5 Å². The number of nitrogens with zero attached hydrogens (tertiary/aromatic N) is 2. The minimum Gasteiger partial charge on any atom is -0.345 e. The highest BCUT2D eigenvalue weighted by Gasteiger charge is 2.23. The van der Waals surface area contributed by atoms with Crippen LogP contribution in [0.3, 0.4) is 0 Å². The number of hydrogen-bond donors (Lipinski definition) is 0. The van der Waals surface area contributed by atoms with Crippen LogP contribution in [0.5, 0.6) is 0 Å². The third kappa shape index (κ3) is 19.6. The van der Waals surface area contributed by atoms with Crippen LogP contribution >= 0.6 is 0 Å². The summed E-state index contributed by atoms with van der Waals surface area (Å²) in [6.07, 6.45) is 23.5. The van der Waals surface area contributed by atoms with Crippen molar-refractivity contribution in [3.8, 4) is 0 Å². The molecule has 0 radical (unpaired) electrons. The lowest BCUT2D eigenvalue weighted by Crippen LogP contribution is -2.37. The highest BCUT2D eigenvalue weighted by atomic mass is 16.2. The van der Waals surface area contributed by atoms with Crippen LogP contribution in [-0.2, 0) is 9.59 Å². The first-order valence-corrected chi connectivity index (χ1v) is 17.4. The molecule has 2 atom stereocenters. The summed E-state index contributed by atoms with van der Waals surface area (Å²) in [5.41, 5.74) is 0. The molecule has 0 N–H and O–H groups in total. The number of carbonyl (C=O) groups is 2. The second-order valence-corrected chi connectivity index (χ2v) is 12.7. The SMILES string of the molecule is CCCCCC(CCCCCCCCCC(CCCC)C(=O)N(CCCC)CCCC)C(=O)N(C)CC(C)C. The van der Waals surface area contributed by atoms with E-state index in [1.54, 1.807) is 0 Å². The van der Waals surface area contributed by atoms with Crippen molar-refractivity contribution in [2.75, 3.05) is 26.7 Å². The number of unbranched alkanes of at least 4 members (excludes halogenated alkanes) is 11. The van der Waals surface area contributed by atoms with Crippen LogP contribution in [0.1, 0.15) is 170 Å². The van der Waals surface area contributed by atoms with Gasteiger partial charge in [-0.3, -0.25) is 9.59 Å². The average molecular weight is 551 g/mol. The van der Waals surface area contributed by atoms with Gasteiger partial charge in [0.2, 0.25) is 11.8 Å². The van der Waals surface area contributed by atoms with Crippen molar-refractivity contribution in [2.45, 2.75) is 170 Å². The largest absolute Gasteiger partial charge is 0.345 e. The van der Waals surface area contributed by atoms with Gasteiger partial charge in [-0.25, -0.2) is 0 Å². The van der Waals surface area contributed by atoms with E-state index in [0.29, 0.717) is 17.7 Å². The van der Waals surface area contributed by atoms with Crippen molar-refractivity contribution in [1.29, 1.82) is 0 Å². The fourth-order valence-corrected chi connectivity index (χ4v) is 5.78. The predicted molar refractivity (Wildman–Crippen MR) is 171 cm³/mol. The minimum absolute atomic E-state index is 0.215. The molecule has 0 aliphatic rings. The van der Waals surface area contributed by atoms with E-state index in [9.17, 15) is 9.59 Å². The van der Waals surface area contributed by atoms with Crippen LogP contribution in [0.4, 0.5) is 0 Å². The number of rotatable bonds is 27. The quantitative estimate of drug-likeness (QED) is 0.0955. The maximum atomic E-state index is 13.4. The van der Waals surface area contributed by atoms with E-state index in [0.717, 1.165) is 71.0 Å². The third-order valence-corrected chi connectivity index (χ3v) is 8.26. The molecule has 4 nitrogen and oxygen atoms in total. The minimum atomic E-state index is 0.215. The van der Waals surface area contributed by atoms with Crippen LogP contribution in [0.25, 0.3) is 0 Å². The predicted octanol–water partition coefficient (Wildman–Crippen LogP) is 10.0. The highest BCUT2D eigenvalue weighted by Crippen LogP contribution is 2.23. The lowest BCUT2D eigenvalue weighted by Gasteiger charge is -2.27. The highest BCUT2D eigenvalue weighted by molar-refractivity contribution is 5.79. The Morgan fingerprint density at radius 2 is 0.897 bits per heavy atom. The van der Waals surface area contributed by atoms with Gasteiger partial charge in [-0.2, -0.15) is 0 Å². The Bertz CT molecular complexity index is 569. The second-order valence-electron chi connectivity index (χ2n) is 12.7. The van der Waals surface area contributed by atoms with Gasteiger partial charge in [0.25, 0.3) is 0 Å². The van der Waals surface area contributed by atoms with Gasteiger partial charge in [0.15, 0.2) is 0 Å². The molecular formula is C35H70N2O2. The van der Waals surface area contributed by atoms with Crippen LogP contribution in [0.2, 0.25) is 0 Å². The van der Waals surface area contributed by atoms with E-state index < -0.39 is 0 Å². The molecule has 0 aromatic carbocycles. The summed E-state index contributed by atoms with van der Waals surface area (Å²) in [6, 6.07) is 0. The smallest absolute Gasteiger partial charge is 0.225 e. The molecule has 0 aromatic rings. The molecule has 2 unspecified atom stereocenters. The van der Waals surface area contributed by atoms with Crippen molar-refractivity contribution in [3.63, 3.8) is 0 Å². The fourth-order valence-electron chi connectivity index (χ4n) is 5.78. The Kier molecular flexibility index (Phi) is 25.2. The number of hydrogen-bond acceptors (Lipinski definition) is 2. The number of carbonyl (C=O) groups excluding carboxylic acids is 2. The second kappa shape index (κ2) is 25.9. The normalized spacial score (nSPS) is 13.0. The molecule has 232 valence electrons. The van der Waals surface area contributed by atoms with Gasteiger partial charge in [-0.1, -0.05) is 131 Å². The molecule has 4 heteroatoms. The van der Waals surface area contributed by atoms with Crippen molar-refractivity contribution in [1.82, 2.24) is 9.80 Å². The molecule has 39 heavy (non-hydrogen) atoms. The van der Waals surface area contributed by atoms with Gasteiger partial charge in [0.1, 0.15) is 0 Å². The zero-order valence-corrected chi connectivity index (χ0v) is 27.7. The summed E-state index contributed by atoms with van der Waals surface area (Å²) in [6.45, 7) is 16.0. The standard InChI is InChI=1S/C35H70N2O2/c1-8-12-21-25-32(34(38)36(7)30-31(5)6)26-22-19-17-16-18-20-23-27-33(24-13-9-2)35(39)37(28-14-10-3)29-15-11-4/h31-33H,8-30H2,1-7H3. The Morgan fingerprint density at radius 3 is 1.33 bits per heavy atom. The van der Waals surface area contributed by atoms with E-state index in [2.05, 4.69) is 46.4 Å². The summed E-state index contributed by atoms with van der Waals surface area (Å²) in [7, 11) is 1.99. The first-order chi connectivity index (χ1) is 18.8. The Hall–Kier alpha value is -1.06. The first-order valence-electron chi connectivity index (χ1n) is 17.4. The maximum Gasteiger partial charge on any atom is 0.225 e. The molecule has 0 bridgehead atoms. The molecule has 0 aliphatic heterocycles. The monoisotopic (exact) mass is 551 g/mol. The summed E-state index contributed by atoms with van der Waals surface area (Å²) in [5, 5.41) is 0. The lowest BCUT2D eigenvalue weighted by atomic mass is 9.92. The van der Waals surface area contributed by atoms with Crippen LogP contribution in [-0.4, -0.2) is 48.3 Å². The van der Waals surface area contributed by atoms with Crippen molar-refractivity contribution in [3.05, 3.63) is 0 Å². The maximum absolute atomic E-state index is 13.4. The van der Waals surface area contributed by atoms with E-state index >= 15 is 0 Å². The topological polar surface area (TPSA) is 40.6 Å². The third-order valence-electron chi connectivity index (χ3n) is 8.26. The van der Waals surface area contributed by atoms with Crippen molar-refractivity contribution < 1.29 is 9.59 Å². The van der Waals surface area contributed by atoms with Crippen LogP contribution < -0.4 is 0 Å². The van der Waals surface area contributed by atoms with Gasteiger partial charge in [-0.05, 0) is 44.4 Å². The average Bonchev–Trinajstić information content (AvgIpc) is 2.91. The Balaban J connectivity index is 4.43. The summed E-state index contributed by atoms with van der Waals surface area (Å²) in [5.74, 6) is 1.78. The summed E-state index contributed by atoms with van der Waals surface area (Å²) < 4.78 is 0. The van der Waals surface area contributed by atoms with Crippen molar-refractivity contribution in [2.24, 2.45) is 17.8 Å². The summed E-state index contributed by atoms with van der Waals surface area (Å²) in [4.78, 5) is 30.6. The van der Waals surface area contributed by atoms with E-state index in [-0.39, 0.29) is 11.8 Å². The molecule has 0 aliphatic carbocycles. The fraction of sp³-hybridized carbons (Fsp3) is 0.943. The zero-order valence-electron chi connectivity index (χ0n) is 27.7.